The Morgan fingerprint density at radius 1 is 1.42 bits per heavy atom. The summed E-state index contributed by atoms with van der Waals surface area (Å²) in [5, 5.41) is 0. The van der Waals surface area contributed by atoms with Crippen molar-refractivity contribution in [2.45, 2.75) is 44.2 Å². The third-order valence-corrected chi connectivity index (χ3v) is 6.68. The lowest BCUT2D eigenvalue weighted by Crippen LogP contribution is -2.62. The number of carbonyl (C=O) groups excluding carboxylic acids is 1. The number of carbonyl (C=O) groups is 1. The second kappa shape index (κ2) is 6.77. The van der Waals surface area contributed by atoms with Gasteiger partial charge in [0.1, 0.15) is 0 Å². The lowest BCUT2D eigenvalue weighted by Gasteiger charge is -2.54. The molecule has 2 atom stereocenters. The van der Waals surface area contributed by atoms with E-state index in [1.54, 1.807) is 18.0 Å². The molecular formula is C17H24BrNO4S. The molecule has 0 bridgehead atoms. The quantitative estimate of drug-likeness (QED) is 0.737. The summed E-state index contributed by atoms with van der Waals surface area (Å²) in [7, 11) is -1.60. The van der Waals surface area contributed by atoms with Gasteiger partial charge in [-0.15, -0.1) is 0 Å². The molecule has 5 nitrogen and oxygen atoms in total. The summed E-state index contributed by atoms with van der Waals surface area (Å²) in [6, 6.07) is 4.58. The van der Waals surface area contributed by atoms with Gasteiger partial charge in [-0.25, -0.2) is 8.42 Å². The Labute approximate surface area is 152 Å². The minimum atomic E-state index is -3.36. The Morgan fingerprint density at radius 3 is 2.54 bits per heavy atom. The van der Waals surface area contributed by atoms with Crippen LogP contribution in [0, 0.1) is 5.41 Å². The molecule has 0 spiro atoms. The van der Waals surface area contributed by atoms with Gasteiger partial charge in [-0.05, 0) is 47.5 Å². The van der Waals surface area contributed by atoms with E-state index in [-0.39, 0.29) is 28.4 Å². The van der Waals surface area contributed by atoms with Gasteiger partial charge in [-0.3, -0.25) is 4.79 Å². The zero-order valence-electron chi connectivity index (χ0n) is 14.7. The van der Waals surface area contributed by atoms with Crippen molar-refractivity contribution in [2.75, 3.05) is 19.9 Å². The molecule has 0 unspecified atom stereocenters. The van der Waals surface area contributed by atoms with E-state index >= 15 is 0 Å². The van der Waals surface area contributed by atoms with Gasteiger partial charge in [0.05, 0.1) is 16.6 Å². The van der Waals surface area contributed by atoms with Crippen molar-refractivity contribution in [1.29, 1.82) is 0 Å². The number of nitrogens with zero attached hydrogens (tertiary/aromatic N) is 1. The fourth-order valence-corrected chi connectivity index (χ4v) is 4.30. The first-order valence-corrected chi connectivity index (χ1v) is 10.6. The van der Waals surface area contributed by atoms with Crippen LogP contribution in [0.4, 0.5) is 0 Å². The van der Waals surface area contributed by atoms with Crippen LogP contribution in [0.2, 0.25) is 0 Å². The van der Waals surface area contributed by atoms with Gasteiger partial charge in [0.2, 0.25) is 0 Å². The average Bonchev–Trinajstić information content (AvgIpc) is 2.49. The molecule has 134 valence electrons. The fraction of sp³-hybridized carbons (Fsp3) is 0.588. The van der Waals surface area contributed by atoms with Gasteiger partial charge in [-0.1, -0.05) is 13.8 Å². The highest BCUT2D eigenvalue weighted by Crippen LogP contribution is 2.45. The minimum Gasteiger partial charge on any atom is -0.378 e. The van der Waals surface area contributed by atoms with Crippen LogP contribution in [0.5, 0.6) is 0 Å². The number of benzene rings is 1. The van der Waals surface area contributed by atoms with Gasteiger partial charge in [0, 0.05) is 35.8 Å². The van der Waals surface area contributed by atoms with Crippen molar-refractivity contribution in [3.63, 3.8) is 0 Å². The van der Waals surface area contributed by atoms with E-state index in [0.29, 0.717) is 16.6 Å². The van der Waals surface area contributed by atoms with Crippen LogP contribution in [0.15, 0.2) is 27.6 Å². The van der Waals surface area contributed by atoms with Crippen LogP contribution in [0.3, 0.4) is 0 Å². The molecule has 1 aromatic rings. The van der Waals surface area contributed by atoms with Gasteiger partial charge >= 0.3 is 0 Å². The van der Waals surface area contributed by atoms with E-state index in [4.69, 9.17) is 4.74 Å². The van der Waals surface area contributed by atoms with Crippen molar-refractivity contribution in [3.8, 4) is 0 Å². The normalized spacial score (nSPS) is 22.8. The third kappa shape index (κ3) is 3.53. The molecule has 0 saturated heterocycles. The molecule has 1 amide bonds. The molecule has 7 heteroatoms. The molecule has 1 saturated carbocycles. The highest BCUT2D eigenvalue weighted by molar-refractivity contribution is 9.10. The second-order valence-electron chi connectivity index (χ2n) is 6.85. The van der Waals surface area contributed by atoms with E-state index in [1.807, 2.05) is 6.92 Å². The van der Waals surface area contributed by atoms with Crippen LogP contribution in [-0.4, -0.2) is 51.3 Å². The number of halogens is 1. The van der Waals surface area contributed by atoms with Crippen LogP contribution < -0.4 is 0 Å². The predicted octanol–water partition coefficient (Wildman–Crippen LogP) is 3.13. The topological polar surface area (TPSA) is 63.7 Å². The lowest BCUT2D eigenvalue weighted by molar-refractivity contribution is -0.136. The average molecular weight is 418 g/mol. The smallest absolute Gasteiger partial charge is 0.255 e. The Kier molecular flexibility index (Phi) is 5.47. The van der Waals surface area contributed by atoms with Crippen molar-refractivity contribution in [1.82, 2.24) is 4.90 Å². The number of hydrogen-bond acceptors (Lipinski definition) is 4. The maximum absolute atomic E-state index is 12.9. The molecular weight excluding hydrogens is 394 g/mol. The van der Waals surface area contributed by atoms with E-state index in [0.717, 1.165) is 12.7 Å². The molecule has 24 heavy (non-hydrogen) atoms. The zero-order chi connectivity index (χ0) is 18.3. The first-order chi connectivity index (χ1) is 11.0. The monoisotopic (exact) mass is 417 g/mol. The third-order valence-electron chi connectivity index (χ3n) is 4.88. The molecule has 0 N–H and O–H groups in total. The predicted molar refractivity (Wildman–Crippen MR) is 96.9 cm³/mol. The Bertz CT molecular complexity index is 745. The standard InChI is InChI=1S/C17H24BrNO4S/c1-6-23-15-10-14(17(15,2)3)19(4)16(20)12-9-11(24(5,21)22)7-8-13(12)18/h7-9,14-15H,6,10H2,1-5H3/t14-,15+/m0/s1. The SMILES string of the molecule is CCO[C@@H]1C[C@H](N(C)C(=O)c2cc(S(C)(=O)=O)ccc2Br)C1(C)C. The number of rotatable bonds is 5. The van der Waals surface area contributed by atoms with Crippen LogP contribution in [-0.2, 0) is 14.6 Å². The summed E-state index contributed by atoms with van der Waals surface area (Å²) in [6.45, 7) is 6.80. The summed E-state index contributed by atoms with van der Waals surface area (Å²) < 4.78 is 29.8. The molecule has 0 heterocycles. The van der Waals surface area contributed by atoms with E-state index < -0.39 is 9.84 Å². The Balaban J connectivity index is 2.27. The number of sulfone groups is 1. The maximum atomic E-state index is 12.9. The first kappa shape index (κ1) is 19.4. The van der Waals surface area contributed by atoms with Crippen LogP contribution in [0.1, 0.15) is 37.6 Å². The van der Waals surface area contributed by atoms with E-state index in [1.165, 1.54) is 12.1 Å². The number of amides is 1. The number of ether oxygens (including phenoxy) is 1. The number of hydrogen-bond donors (Lipinski definition) is 0. The van der Waals surface area contributed by atoms with Crippen molar-refractivity contribution in [2.24, 2.45) is 5.41 Å². The van der Waals surface area contributed by atoms with Crippen molar-refractivity contribution < 1.29 is 17.9 Å². The summed E-state index contributed by atoms with van der Waals surface area (Å²) in [4.78, 5) is 14.7. The first-order valence-electron chi connectivity index (χ1n) is 7.88. The van der Waals surface area contributed by atoms with Crippen LogP contribution >= 0.6 is 15.9 Å². The Morgan fingerprint density at radius 2 is 2.04 bits per heavy atom. The highest BCUT2D eigenvalue weighted by Gasteiger charge is 2.51. The molecule has 0 radical (unpaired) electrons. The summed E-state index contributed by atoms with van der Waals surface area (Å²) in [5.41, 5.74) is 0.220. The fourth-order valence-electron chi connectivity index (χ4n) is 3.24. The van der Waals surface area contributed by atoms with E-state index in [2.05, 4.69) is 29.8 Å². The molecule has 0 aliphatic heterocycles. The lowest BCUT2D eigenvalue weighted by atomic mass is 9.63. The zero-order valence-corrected chi connectivity index (χ0v) is 17.1. The summed E-state index contributed by atoms with van der Waals surface area (Å²) in [5.74, 6) is -0.194. The molecule has 1 aliphatic rings. The Hall–Kier alpha value is -0.920. The maximum Gasteiger partial charge on any atom is 0.255 e. The molecule has 2 rings (SSSR count). The van der Waals surface area contributed by atoms with E-state index in [9.17, 15) is 13.2 Å². The summed E-state index contributed by atoms with van der Waals surface area (Å²) in [6.07, 6.45) is 2.05. The summed E-state index contributed by atoms with van der Waals surface area (Å²) >= 11 is 3.35. The largest absolute Gasteiger partial charge is 0.378 e. The van der Waals surface area contributed by atoms with Gasteiger partial charge in [-0.2, -0.15) is 0 Å². The highest BCUT2D eigenvalue weighted by atomic mass is 79.9. The molecule has 1 fully saturated rings. The molecule has 1 aliphatic carbocycles. The van der Waals surface area contributed by atoms with Crippen molar-refractivity contribution in [3.05, 3.63) is 28.2 Å². The van der Waals surface area contributed by atoms with Crippen molar-refractivity contribution >= 4 is 31.7 Å². The second-order valence-corrected chi connectivity index (χ2v) is 9.72. The van der Waals surface area contributed by atoms with Gasteiger partial charge in [0.25, 0.3) is 5.91 Å². The van der Waals surface area contributed by atoms with Gasteiger partial charge in [0.15, 0.2) is 9.84 Å². The molecule has 0 aromatic heterocycles. The molecule has 1 aromatic carbocycles. The van der Waals surface area contributed by atoms with Crippen LogP contribution in [0.25, 0.3) is 0 Å². The minimum absolute atomic E-state index is 0.0512. The van der Waals surface area contributed by atoms with Gasteiger partial charge < -0.3 is 9.64 Å².